The van der Waals surface area contributed by atoms with E-state index in [1.807, 2.05) is 30.3 Å². The maximum absolute atomic E-state index is 11.2. The Balaban J connectivity index is 2.10. The lowest BCUT2D eigenvalue weighted by Gasteiger charge is -2.07. The summed E-state index contributed by atoms with van der Waals surface area (Å²) in [6.07, 6.45) is 1.52. The summed E-state index contributed by atoms with van der Waals surface area (Å²) >= 11 is 10.8. The third-order valence-corrected chi connectivity index (χ3v) is 2.52. The zero-order valence-electron chi connectivity index (χ0n) is 9.55. The summed E-state index contributed by atoms with van der Waals surface area (Å²) in [6.45, 7) is 0. The van der Waals surface area contributed by atoms with Gasteiger partial charge >= 0.3 is 0 Å². The fourth-order valence-electron chi connectivity index (χ4n) is 1.28. The Morgan fingerprint density at radius 3 is 2.63 bits per heavy atom. The van der Waals surface area contributed by atoms with Crippen LogP contribution in [0.5, 0.6) is 0 Å². The summed E-state index contributed by atoms with van der Waals surface area (Å²) in [5, 5.41) is 7.51. The van der Waals surface area contributed by atoms with Crippen LogP contribution < -0.4 is 10.9 Å². The van der Waals surface area contributed by atoms with E-state index in [0.717, 1.165) is 5.56 Å². The van der Waals surface area contributed by atoms with Crippen molar-refractivity contribution in [3.8, 4) is 11.3 Å². The molecule has 1 aromatic heterocycles. The molecule has 0 unspecified atom stereocenters. The van der Waals surface area contributed by atoms with E-state index in [1.165, 1.54) is 6.20 Å². The van der Waals surface area contributed by atoms with Crippen molar-refractivity contribution >= 4 is 35.1 Å². The van der Waals surface area contributed by atoms with Crippen LogP contribution in [0.15, 0.2) is 36.5 Å². The zero-order chi connectivity index (χ0) is 13.7. The molecule has 1 aromatic carbocycles. The molecule has 8 heteroatoms. The number of hydrazine groups is 1. The van der Waals surface area contributed by atoms with Crippen molar-refractivity contribution in [3.63, 3.8) is 0 Å². The summed E-state index contributed by atoms with van der Waals surface area (Å²) in [5.41, 5.74) is 6.26. The predicted molar refractivity (Wildman–Crippen MR) is 72.5 cm³/mol. The molecule has 0 spiro atoms. The lowest BCUT2D eigenvalue weighted by molar-refractivity contribution is -0.118. The summed E-state index contributed by atoms with van der Waals surface area (Å²) in [5.74, 6) is -0.458. The first-order valence-electron chi connectivity index (χ1n) is 5.26. The molecule has 0 bridgehead atoms. The number of rotatable bonds is 4. The van der Waals surface area contributed by atoms with E-state index in [-0.39, 0.29) is 5.95 Å². The summed E-state index contributed by atoms with van der Waals surface area (Å²) < 4.78 is 0. The normalized spacial score (nSPS) is 10.3. The Labute approximate surface area is 119 Å². The average Bonchev–Trinajstić information content (AvgIpc) is 2.46. The van der Waals surface area contributed by atoms with Crippen molar-refractivity contribution < 1.29 is 4.79 Å². The molecule has 0 atom stereocenters. The van der Waals surface area contributed by atoms with Crippen molar-refractivity contribution in [2.75, 3.05) is 5.43 Å². The summed E-state index contributed by atoms with van der Waals surface area (Å²) in [7, 11) is 0. The highest BCUT2D eigenvalue weighted by molar-refractivity contribution is 6.53. The van der Waals surface area contributed by atoms with Gasteiger partial charge in [0.2, 0.25) is 0 Å². The van der Waals surface area contributed by atoms with Crippen LogP contribution in [0.1, 0.15) is 0 Å². The van der Waals surface area contributed by atoms with Crippen LogP contribution >= 0.6 is 23.2 Å². The molecular weight excluding hydrogens is 289 g/mol. The van der Waals surface area contributed by atoms with Gasteiger partial charge in [-0.05, 0) is 0 Å². The highest BCUT2D eigenvalue weighted by atomic mass is 35.5. The van der Waals surface area contributed by atoms with Crippen LogP contribution in [0.25, 0.3) is 11.3 Å². The van der Waals surface area contributed by atoms with Crippen LogP contribution in [-0.2, 0) is 4.79 Å². The molecule has 0 fully saturated rings. The fraction of sp³-hybridized carbons (Fsp3) is 0.0909. The molecule has 2 N–H and O–H groups in total. The number of anilines is 1. The van der Waals surface area contributed by atoms with Crippen molar-refractivity contribution in [1.82, 2.24) is 20.6 Å². The molecule has 1 heterocycles. The Hall–Kier alpha value is -1.92. The minimum atomic E-state index is -1.17. The largest absolute Gasteiger partial charge is 0.271 e. The van der Waals surface area contributed by atoms with Crippen LogP contribution in [0.4, 0.5) is 5.95 Å². The lowest BCUT2D eigenvalue weighted by atomic mass is 10.2. The standard InChI is InChI=1S/C11H9Cl2N5O/c12-9(13)10(19)16-18-11-15-8(6-14-17-11)7-4-2-1-3-5-7/h1-6,9H,(H,16,19)(H,15,17,18). The minimum absolute atomic E-state index is 0.142. The first-order valence-corrected chi connectivity index (χ1v) is 6.13. The number of carbonyl (C=O) groups excluding carboxylic acids is 1. The van der Waals surface area contributed by atoms with Crippen LogP contribution in [0, 0.1) is 0 Å². The second-order valence-electron chi connectivity index (χ2n) is 3.45. The Morgan fingerprint density at radius 2 is 1.95 bits per heavy atom. The quantitative estimate of drug-likeness (QED) is 0.664. The number of nitrogens with one attached hydrogen (secondary N) is 2. The maximum atomic E-state index is 11.2. The van der Waals surface area contributed by atoms with E-state index in [0.29, 0.717) is 5.69 Å². The smallest absolute Gasteiger partial charge is 0.270 e. The molecule has 0 saturated heterocycles. The predicted octanol–water partition coefficient (Wildman–Crippen LogP) is 1.79. The number of hydrogen-bond acceptors (Lipinski definition) is 5. The number of amides is 1. The SMILES string of the molecule is O=C(NNc1nncc(-c2ccccc2)n1)C(Cl)Cl. The van der Waals surface area contributed by atoms with E-state index in [4.69, 9.17) is 23.2 Å². The number of aromatic nitrogens is 3. The van der Waals surface area contributed by atoms with Crippen molar-refractivity contribution in [2.45, 2.75) is 4.84 Å². The molecule has 1 amide bonds. The van der Waals surface area contributed by atoms with Gasteiger partial charge < -0.3 is 0 Å². The Morgan fingerprint density at radius 1 is 1.21 bits per heavy atom. The van der Waals surface area contributed by atoms with Gasteiger partial charge in [0.1, 0.15) is 0 Å². The minimum Gasteiger partial charge on any atom is -0.270 e. The summed E-state index contributed by atoms with van der Waals surface area (Å²) in [4.78, 5) is 14.2. The van der Waals surface area contributed by atoms with Crippen LogP contribution in [-0.4, -0.2) is 25.9 Å². The van der Waals surface area contributed by atoms with Gasteiger partial charge in [-0.15, -0.1) is 5.10 Å². The zero-order valence-corrected chi connectivity index (χ0v) is 11.1. The molecule has 2 aromatic rings. The van der Waals surface area contributed by atoms with E-state index in [9.17, 15) is 4.79 Å². The first-order chi connectivity index (χ1) is 9.16. The van der Waals surface area contributed by atoms with Crippen molar-refractivity contribution in [3.05, 3.63) is 36.5 Å². The molecular formula is C11H9Cl2N5O. The number of benzene rings is 1. The fourth-order valence-corrected chi connectivity index (χ4v) is 1.39. The van der Waals surface area contributed by atoms with E-state index >= 15 is 0 Å². The average molecular weight is 298 g/mol. The van der Waals surface area contributed by atoms with Gasteiger partial charge in [-0.2, -0.15) is 5.10 Å². The molecule has 0 radical (unpaired) electrons. The van der Waals surface area contributed by atoms with Gasteiger partial charge in [0.15, 0.2) is 4.84 Å². The molecule has 0 aliphatic heterocycles. The second-order valence-corrected chi connectivity index (χ2v) is 4.54. The molecule has 0 saturated carbocycles. The monoisotopic (exact) mass is 297 g/mol. The van der Waals surface area contributed by atoms with Gasteiger partial charge in [0, 0.05) is 5.56 Å². The molecule has 6 nitrogen and oxygen atoms in total. The van der Waals surface area contributed by atoms with Gasteiger partial charge in [-0.3, -0.25) is 15.6 Å². The third-order valence-electron chi connectivity index (χ3n) is 2.12. The van der Waals surface area contributed by atoms with E-state index in [2.05, 4.69) is 26.0 Å². The van der Waals surface area contributed by atoms with E-state index < -0.39 is 10.7 Å². The second kappa shape index (κ2) is 6.31. The van der Waals surface area contributed by atoms with Gasteiger partial charge in [-0.1, -0.05) is 53.5 Å². The number of halogens is 2. The van der Waals surface area contributed by atoms with Crippen LogP contribution in [0.2, 0.25) is 0 Å². The molecule has 0 aliphatic rings. The topological polar surface area (TPSA) is 79.8 Å². The Kier molecular flexibility index (Phi) is 4.48. The molecule has 98 valence electrons. The lowest BCUT2D eigenvalue weighted by Crippen LogP contribution is -2.34. The summed E-state index contributed by atoms with van der Waals surface area (Å²) in [6, 6.07) is 9.45. The molecule has 2 rings (SSSR count). The van der Waals surface area contributed by atoms with Crippen LogP contribution in [0.3, 0.4) is 0 Å². The third kappa shape index (κ3) is 3.77. The Bertz CT molecular complexity index is 564. The van der Waals surface area contributed by atoms with Crippen molar-refractivity contribution in [2.24, 2.45) is 0 Å². The highest BCUT2D eigenvalue weighted by Crippen LogP contribution is 2.15. The van der Waals surface area contributed by atoms with Crippen molar-refractivity contribution in [1.29, 1.82) is 0 Å². The molecule has 19 heavy (non-hydrogen) atoms. The van der Waals surface area contributed by atoms with Gasteiger partial charge in [0.25, 0.3) is 11.9 Å². The highest BCUT2D eigenvalue weighted by Gasteiger charge is 2.11. The number of alkyl halides is 2. The number of nitrogens with zero attached hydrogens (tertiary/aromatic N) is 3. The van der Waals surface area contributed by atoms with Gasteiger partial charge in [0.05, 0.1) is 11.9 Å². The van der Waals surface area contributed by atoms with E-state index in [1.54, 1.807) is 0 Å². The first kappa shape index (κ1) is 13.5. The molecule has 0 aliphatic carbocycles. The van der Waals surface area contributed by atoms with Gasteiger partial charge in [-0.25, -0.2) is 4.98 Å². The number of carbonyl (C=O) groups is 1. The maximum Gasteiger partial charge on any atom is 0.271 e. The number of hydrogen-bond donors (Lipinski definition) is 2.